The number of aromatic nitrogens is 2. The third-order valence-corrected chi connectivity index (χ3v) is 5.80. The second-order valence-electron chi connectivity index (χ2n) is 8.99. The molecule has 31 heavy (non-hydrogen) atoms. The summed E-state index contributed by atoms with van der Waals surface area (Å²) in [5, 5.41) is 11.5. The van der Waals surface area contributed by atoms with Gasteiger partial charge >= 0.3 is 6.18 Å². The quantitative estimate of drug-likeness (QED) is 0.430. The SMILES string of the molecule is CC(C)(CCC(O)(CCc1cc2ccncc2[nH]1)C(F)(F)F)Cc1cccc(C=O)c1. The molecule has 0 spiro atoms. The number of H-pyrrole nitrogens is 1. The number of nitrogens with zero attached hydrogens (tertiary/aromatic N) is 1. The first-order valence-corrected chi connectivity index (χ1v) is 10.3. The Morgan fingerprint density at radius 3 is 2.55 bits per heavy atom. The van der Waals surface area contributed by atoms with Gasteiger partial charge in [-0.15, -0.1) is 0 Å². The molecule has 0 bridgehead atoms. The van der Waals surface area contributed by atoms with Gasteiger partial charge in [-0.05, 0) is 61.3 Å². The Hall–Kier alpha value is -2.67. The third kappa shape index (κ3) is 5.73. The first-order chi connectivity index (χ1) is 14.5. The van der Waals surface area contributed by atoms with E-state index in [9.17, 15) is 23.1 Å². The van der Waals surface area contributed by atoms with Crippen LogP contribution >= 0.6 is 0 Å². The molecule has 2 heterocycles. The molecule has 0 amide bonds. The molecule has 0 saturated carbocycles. The van der Waals surface area contributed by atoms with Crippen LogP contribution in [-0.2, 0) is 12.8 Å². The Bertz CT molecular complexity index is 1010. The van der Waals surface area contributed by atoms with E-state index in [4.69, 9.17) is 0 Å². The first kappa shape index (κ1) is 23.0. The van der Waals surface area contributed by atoms with Crippen LogP contribution in [0.15, 0.2) is 48.8 Å². The third-order valence-electron chi connectivity index (χ3n) is 5.80. The number of alkyl halides is 3. The lowest BCUT2D eigenvalue weighted by Gasteiger charge is -2.34. The number of hydrogen-bond acceptors (Lipinski definition) is 3. The average Bonchev–Trinajstić information content (AvgIpc) is 3.13. The zero-order valence-corrected chi connectivity index (χ0v) is 17.7. The van der Waals surface area contributed by atoms with Crippen molar-refractivity contribution in [3.05, 3.63) is 65.6 Å². The van der Waals surface area contributed by atoms with Crippen LogP contribution in [0.1, 0.15) is 54.7 Å². The fraction of sp³-hybridized carbons (Fsp3) is 0.417. The zero-order valence-electron chi connectivity index (χ0n) is 17.7. The minimum atomic E-state index is -4.73. The van der Waals surface area contributed by atoms with Crippen molar-refractivity contribution >= 4 is 17.2 Å². The molecule has 0 saturated heterocycles. The van der Waals surface area contributed by atoms with Gasteiger partial charge in [-0.25, -0.2) is 0 Å². The van der Waals surface area contributed by atoms with Crippen molar-refractivity contribution in [2.24, 2.45) is 5.41 Å². The predicted molar refractivity (Wildman–Crippen MR) is 114 cm³/mol. The number of fused-ring (bicyclic) bond motifs is 1. The van der Waals surface area contributed by atoms with E-state index < -0.39 is 30.0 Å². The van der Waals surface area contributed by atoms with Gasteiger partial charge in [0.2, 0.25) is 0 Å². The minimum Gasteiger partial charge on any atom is -0.380 e. The highest BCUT2D eigenvalue weighted by atomic mass is 19.4. The Balaban J connectivity index is 1.68. The molecule has 1 unspecified atom stereocenters. The van der Waals surface area contributed by atoms with E-state index in [-0.39, 0.29) is 12.8 Å². The van der Waals surface area contributed by atoms with Crippen molar-refractivity contribution in [3.8, 4) is 0 Å². The number of carbonyl (C=O) groups is 1. The number of aryl methyl sites for hydroxylation is 1. The zero-order chi connectivity index (χ0) is 22.7. The topological polar surface area (TPSA) is 66.0 Å². The van der Waals surface area contributed by atoms with E-state index in [0.717, 1.165) is 22.8 Å². The molecular weight excluding hydrogens is 405 g/mol. The van der Waals surface area contributed by atoms with E-state index in [2.05, 4.69) is 9.97 Å². The monoisotopic (exact) mass is 432 g/mol. The molecular formula is C24H27F3N2O2. The maximum atomic E-state index is 13.8. The molecule has 2 N–H and O–H groups in total. The Morgan fingerprint density at radius 2 is 1.87 bits per heavy atom. The summed E-state index contributed by atoms with van der Waals surface area (Å²) in [7, 11) is 0. The second kappa shape index (κ2) is 8.83. The van der Waals surface area contributed by atoms with Gasteiger partial charge in [0.25, 0.3) is 0 Å². The highest BCUT2D eigenvalue weighted by Gasteiger charge is 2.53. The van der Waals surface area contributed by atoms with Crippen LogP contribution in [0.5, 0.6) is 0 Å². The van der Waals surface area contributed by atoms with E-state index in [0.29, 0.717) is 17.7 Å². The lowest BCUT2D eigenvalue weighted by atomic mass is 9.77. The van der Waals surface area contributed by atoms with Crippen molar-refractivity contribution in [1.29, 1.82) is 0 Å². The molecule has 166 valence electrons. The molecule has 3 rings (SSSR count). The fourth-order valence-corrected chi connectivity index (χ4v) is 3.88. The van der Waals surface area contributed by atoms with E-state index >= 15 is 0 Å². The van der Waals surface area contributed by atoms with E-state index in [1.54, 1.807) is 42.7 Å². The normalized spacial score (nSPS) is 14.5. The first-order valence-electron chi connectivity index (χ1n) is 10.3. The van der Waals surface area contributed by atoms with Crippen LogP contribution in [0.3, 0.4) is 0 Å². The Morgan fingerprint density at radius 1 is 1.10 bits per heavy atom. The van der Waals surface area contributed by atoms with Gasteiger partial charge in [0.05, 0.1) is 11.7 Å². The summed E-state index contributed by atoms with van der Waals surface area (Å²) in [6, 6.07) is 10.6. The van der Waals surface area contributed by atoms with Crippen molar-refractivity contribution in [2.45, 2.75) is 57.7 Å². The largest absolute Gasteiger partial charge is 0.417 e. The molecule has 0 aliphatic heterocycles. The number of hydrogen-bond donors (Lipinski definition) is 2. The number of benzene rings is 1. The van der Waals surface area contributed by atoms with Crippen molar-refractivity contribution in [1.82, 2.24) is 9.97 Å². The summed E-state index contributed by atoms with van der Waals surface area (Å²) in [5.41, 5.74) is -0.439. The lowest BCUT2D eigenvalue weighted by Crippen LogP contribution is -2.46. The van der Waals surface area contributed by atoms with Gasteiger partial charge in [-0.3, -0.25) is 9.78 Å². The molecule has 1 aromatic carbocycles. The highest BCUT2D eigenvalue weighted by Crippen LogP contribution is 2.41. The van der Waals surface area contributed by atoms with Gasteiger partial charge in [0.1, 0.15) is 6.29 Å². The maximum absolute atomic E-state index is 13.8. The lowest BCUT2D eigenvalue weighted by molar-refractivity contribution is -0.266. The van der Waals surface area contributed by atoms with Gasteiger partial charge in [-0.2, -0.15) is 13.2 Å². The van der Waals surface area contributed by atoms with Crippen LogP contribution in [-0.4, -0.2) is 33.1 Å². The summed E-state index contributed by atoms with van der Waals surface area (Å²) in [6.45, 7) is 3.75. The molecule has 0 fully saturated rings. The molecule has 0 aliphatic rings. The summed E-state index contributed by atoms with van der Waals surface area (Å²) < 4.78 is 41.4. The summed E-state index contributed by atoms with van der Waals surface area (Å²) >= 11 is 0. The number of nitrogens with one attached hydrogen (secondary N) is 1. The maximum Gasteiger partial charge on any atom is 0.417 e. The summed E-state index contributed by atoms with van der Waals surface area (Å²) in [5.74, 6) is 0. The summed E-state index contributed by atoms with van der Waals surface area (Å²) in [6.07, 6.45) is -0.774. The van der Waals surface area contributed by atoms with Gasteiger partial charge in [-0.1, -0.05) is 32.0 Å². The van der Waals surface area contributed by atoms with Crippen molar-refractivity contribution in [3.63, 3.8) is 0 Å². The Kier molecular flexibility index (Phi) is 6.55. The highest BCUT2D eigenvalue weighted by molar-refractivity contribution is 5.79. The van der Waals surface area contributed by atoms with E-state index in [1.165, 1.54) is 0 Å². The van der Waals surface area contributed by atoms with Gasteiger partial charge < -0.3 is 10.1 Å². The van der Waals surface area contributed by atoms with E-state index in [1.807, 2.05) is 19.9 Å². The number of aldehydes is 1. The fourth-order valence-electron chi connectivity index (χ4n) is 3.88. The molecule has 3 aromatic rings. The number of rotatable bonds is 9. The van der Waals surface area contributed by atoms with Crippen LogP contribution in [0.4, 0.5) is 13.2 Å². The number of aromatic amines is 1. The average molecular weight is 432 g/mol. The van der Waals surface area contributed by atoms with Crippen LogP contribution in [0.2, 0.25) is 0 Å². The van der Waals surface area contributed by atoms with Crippen molar-refractivity contribution < 1.29 is 23.1 Å². The van der Waals surface area contributed by atoms with Crippen molar-refractivity contribution in [2.75, 3.05) is 0 Å². The molecule has 0 radical (unpaired) electrons. The number of halogens is 3. The van der Waals surface area contributed by atoms with Crippen LogP contribution in [0, 0.1) is 5.41 Å². The summed E-state index contributed by atoms with van der Waals surface area (Å²) in [4.78, 5) is 18.0. The number of carbonyl (C=O) groups excluding carboxylic acids is 1. The minimum absolute atomic E-state index is 0.0759. The standard InChI is InChI=1S/C24H27F3N2O2/c1-22(2,14-17-4-3-5-18(12-17)16-30)9-10-23(31,24(25,26)27)8-6-20-13-19-7-11-28-15-21(19)29-20/h3-5,7,11-13,15-16,29,31H,6,8-10,14H2,1-2H3. The van der Waals surface area contributed by atoms with Gasteiger partial charge in [0.15, 0.2) is 5.60 Å². The molecule has 0 aliphatic carbocycles. The van der Waals surface area contributed by atoms with Crippen LogP contribution in [0.25, 0.3) is 10.9 Å². The molecule has 7 heteroatoms. The van der Waals surface area contributed by atoms with Gasteiger partial charge in [0, 0.05) is 22.8 Å². The molecule has 4 nitrogen and oxygen atoms in total. The number of aliphatic hydroxyl groups is 1. The molecule has 2 aromatic heterocycles. The number of pyridine rings is 1. The predicted octanol–water partition coefficient (Wildman–Crippen LogP) is 5.65. The Labute approximate surface area is 179 Å². The molecule has 1 atom stereocenters. The second-order valence-corrected chi connectivity index (χ2v) is 8.99. The van der Waals surface area contributed by atoms with Crippen LogP contribution < -0.4 is 0 Å². The smallest absolute Gasteiger partial charge is 0.380 e.